The second kappa shape index (κ2) is 9.32. The zero-order valence-electron chi connectivity index (χ0n) is 12.6. The molecule has 1 aliphatic heterocycles. The molecule has 1 amide bonds. The summed E-state index contributed by atoms with van der Waals surface area (Å²) in [5.41, 5.74) is -0.294. The highest BCUT2D eigenvalue weighted by Crippen LogP contribution is 2.24. The number of amides is 1. The number of hydrogen-bond acceptors (Lipinski definition) is 3. The van der Waals surface area contributed by atoms with Gasteiger partial charge in [0.15, 0.2) is 0 Å². The Bertz CT molecular complexity index is 251. The van der Waals surface area contributed by atoms with Crippen molar-refractivity contribution in [3.05, 3.63) is 0 Å². The topological polar surface area (TPSA) is 50.4 Å². The Labute approximate surface area is 117 Å². The van der Waals surface area contributed by atoms with Crippen LogP contribution in [-0.2, 0) is 9.53 Å². The van der Waals surface area contributed by atoms with E-state index >= 15 is 0 Å². The van der Waals surface area contributed by atoms with Crippen molar-refractivity contribution < 1.29 is 9.53 Å². The maximum absolute atomic E-state index is 12.3. The van der Waals surface area contributed by atoms with E-state index in [1.165, 1.54) is 6.42 Å². The highest BCUT2D eigenvalue weighted by atomic mass is 16.5. The van der Waals surface area contributed by atoms with E-state index in [0.29, 0.717) is 0 Å². The van der Waals surface area contributed by atoms with E-state index in [1.54, 1.807) is 0 Å². The lowest BCUT2D eigenvalue weighted by molar-refractivity contribution is -0.127. The molecule has 4 nitrogen and oxygen atoms in total. The van der Waals surface area contributed by atoms with Crippen molar-refractivity contribution in [2.75, 3.05) is 26.3 Å². The molecule has 1 saturated heterocycles. The van der Waals surface area contributed by atoms with Crippen LogP contribution in [0.2, 0.25) is 0 Å². The van der Waals surface area contributed by atoms with E-state index < -0.39 is 0 Å². The molecule has 0 spiro atoms. The van der Waals surface area contributed by atoms with Gasteiger partial charge in [-0.15, -0.1) is 0 Å². The Morgan fingerprint density at radius 3 is 2.68 bits per heavy atom. The van der Waals surface area contributed by atoms with Gasteiger partial charge in [0.1, 0.15) is 0 Å². The van der Waals surface area contributed by atoms with Gasteiger partial charge in [0.25, 0.3) is 0 Å². The summed E-state index contributed by atoms with van der Waals surface area (Å²) in [6, 6.07) is 0. The molecule has 112 valence electrons. The molecule has 1 heterocycles. The number of nitrogens with one attached hydrogen (secondary N) is 2. The molecule has 0 aliphatic carbocycles. The van der Waals surface area contributed by atoms with Gasteiger partial charge >= 0.3 is 0 Å². The van der Waals surface area contributed by atoms with Crippen LogP contribution in [0.5, 0.6) is 0 Å². The van der Waals surface area contributed by atoms with E-state index in [-0.39, 0.29) is 11.4 Å². The molecule has 0 radical (unpaired) electrons. The van der Waals surface area contributed by atoms with Gasteiger partial charge in [-0.1, -0.05) is 26.7 Å². The molecule has 1 unspecified atom stereocenters. The molecule has 1 aliphatic rings. The first-order valence-corrected chi connectivity index (χ1v) is 7.86. The van der Waals surface area contributed by atoms with Crippen LogP contribution in [0.1, 0.15) is 58.8 Å². The lowest BCUT2D eigenvalue weighted by Gasteiger charge is -2.27. The summed E-state index contributed by atoms with van der Waals surface area (Å²) in [6.07, 6.45) is 7.25. The van der Waals surface area contributed by atoms with Gasteiger partial charge in [-0.05, 0) is 38.6 Å². The molecule has 2 N–H and O–H groups in total. The minimum absolute atomic E-state index is 0.181. The monoisotopic (exact) mass is 270 g/mol. The third-order valence-electron chi connectivity index (χ3n) is 3.75. The maximum atomic E-state index is 12.3. The third kappa shape index (κ3) is 5.49. The SMILES string of the molecule is CCCCOCCCNC(=O)C1(CCC)CCCN1. The lowest BCUT2D eigenvalue weighted by atomic mass is 9.91. The summed E-state index contributed by atoms with van der Waals surface area (Å²) in [5.74, 6) is 0.181. The molecule has 0 aromatic carbocycles. The smallest absolute Gasteiger partial charge is 0.240 e. The van der Waals surface area contributed by atoms with E-state index in [0.717, 1.165) is 64.8 Å². The number of carbonyl (C=O) groups is 1. The average molecular weight is 270 g/mol. The molecule has 1 atom stereocenters. The van der Waals surface area contributed by atoms with Crippen molar-refractivity contribution in [1.82, 2.24) is 10.6 Å². The molecule has 0 saturated carbocycles. The molecule has 19 heavy (non-hydrogen) atoms. The van der Waals surface area contributed by atoms with Gasteiger partial charge in [-0.25, -0.2) is 0 Å². The summed E-state index contributed by atoms with van der Waals surface area (Å²) in [6.45, 7) is 7.56. The zero-order chi connectivity index (χ0) is 14.0. The van der Waals surface area contributed by atoms with Gasteiger partial charge < -0.3 is 15.4 Å². The molecule has 1 fully saturated rings. The fourth-order valence-corrected chi connectivity index (χ4v) is 2.65. The van der Waals surface area contributed by atoms with Crippen LogP contribution >= 0.6 is 0 Å². The quantitative estimate of drug-likeness (QED) is 0.599. The minimum Gasteiger partial charge on any atom is -0.381 e. The third-order valence-corrected chi connectivity index (χ3v) is 3.75. The van der Waals surface area contributed by atoms with E-state index in [2.05, 4.69) is 24.5 Å². The molecule has 0 bridgehead atoms. The lowest BCUT2D eigenvalue weighted by Crippen LogP contribution is -2.53. The highest BCUT2D eigenvalue weighted by molar-refractivity contribution is 5.86. The molecule has 0 aromatic rings. The van der Waals surface area contributed by atoms with Crippen LogP contribution in [0.15, 0.2) is 0 Å². The van der Waals surface area contributed by atoms with Crippen LogP contribution in [0.3, 0.4) is 0 Å². The first-order valence-electron chi connectivity index (χ1n) is 7.86. The first kappa shape index (κ1) is 16.4. The molecular formula is C15H30N2O2. The summed E-state index contributed by atoms with van der Waals surface area (Å²) < 4.78 is 5.49. The summed E-state index contributed by atoms with van der Waals surface area (Å²) in [4.78, 5) is 12.3. The van der Waals surface area contributed by atoms with Gasteiger partial charge in [-0.2, -0.15) is 0 Å². The van der Waals surface area contributed by atoms with Crippen molar-refractivity contribution in [3.8, 4) is 0 Å². The zero-order valence-corrected chi connectivity index (χ0v) is 12.6. The Balaban J connectivity index is 2.15. The summed E-state index contributed by atoms with van der Waals surface area (Å²) in [7, 11) is 0. The average Bonchev–Trinajstić information content (AvgIpc) is 2.88. The van der Waals surface area contributed by atoms with Crippen LogP contribution < -0.4 is 10.6 Å². The van der Waals surface area contributed by atoms with Crippen molar-refractivity contribution in [1.29, 1.82) is 0 Å². The maximum Gasteiger partial charge on any atom is 0.240 e. The number of carbonyl (C=O) groups excluding carboxylic acids is 1. The molecule has 1 rings (SSSR count). The first-order chi connectivity index (χ1) is 9.25. The van der Waals surface area contributed by atoms with Crippen LogP contribution in [0, 0.1) is 0 Å². The largest absolute Gasteiger partial charge is 0.381 e. The van der Waals surface area contributed by atoms with E-state index in [1.807, 2.05) is 0 Å². The molecule has 0 aromatic heterocycles. The predicted octanol–water partition coefficient (Wildman–Crippen LogP) is 2.23. The molecular weight excluding hydrogens is 240 g/mol. The van der Waals surface area contributed by atoms with Gasteiger partial charge in [0.05, 0.1) is 5.54 Å². The van der Waals surface area contributed by atoms with Gasteiger partial charge in [0.2, 0.25) is 5.91 Å². The summed E-state index contributed by atoms with van der Waals surface area (Å²) >= 11 is 0. The van der Waals surface area contributed by atoms with Gasteiger partial charge in [0, 0.05) is 19.8 Å². The van der Waals surface area contributed by atoms with Crippen LogP contribution in [0.4, 0.5) is 0 Å². The van der Waals surface area contributed by atoms with Crippen molar-refractivity contribution in [2.45, 2.75) is 64.3 Å². The number of hydrogen-bond donors (Lipinski definition) is 2. The summed E-state index contributed by atoms with van der Waals surface area (Å²) in [5, 5.41) is 6.46. The van der Waals surface area contributed by atoms with E-state index in [4.69, 9.17) is 4.74 Å². The van der Waals surface area contributed by atoms with E-state index in [9.17, 15) is 4.79 Å². The van der Waals surface area contributed by atoms with Crippen molar-refractivity contribution in [3.63, 3.8) is 0 Å². The minimum atomic E-state index is -0.294. The Morgan fingerprint density at radius 1 is 1.26 bits per heavy atom. The second-order valence-corrected chi connectivity index (χ2v) is 5.44. The normalized spacial score (nSPS) is 22.6. The van der Waals surface area contributed by atoms with Crippen molar-refractivity contribution in [2.24, 2.45) is 0 Å². The van der Waals surface area contributed by atoms with Crippen LogP contribution in [-0.4, -0.2) is 37.7 Å². The predicted molar refractivity (Wildman–Crippen MR) is 78.2 cm³/mol. The fourth-order valence-electron chi connectivity index (χ4n) is 2.65. The van der Waals surface area contributed by atoms with Crippen LogP contribution in [0.25, 0.3) is 0 Å². The Kier molecular flexibility index (Phi) is 8.07. The number of ether oxygens (including phenoxy) is 1. The fraction of sp³-hybridized carbons (Fsp3) is 0.933. The second-order valence-electron chi connectivity index (χ2n) is 5.44. The number of unbranched alkanes of at least 4 members (excludes halogenated alkanes) is 1. The standard InChI is InChI=1S/C15H30N2O2/c1-3-5-12-19-13-7-10-16-14(18)15(8-4-2)9-6-11-17-15/h17H,3-13H2,1-2H3,(H,16,18). The Hall–Kier alpha value is -0.610. The van der Waals surface area contributed by atoms with Gasteiger partial charge in [-0.3, -0.25) is 4.79 Å². The molecule has 4 heteroatoms. The van der Waals surface area contributed by atoms with Crippen molar-refractivity contribution >= 4 is 5.91 Å². The Morgan fingerprint density at radius 2 is 2.05 bits per heavy atom. The highest BCUT2D eigenvalue weighted by Gasteiger charge is 2.39. The number of rotatable bonds is 10.